The molecular formula is C102H95Br2Cl5F2N10O10. The molecule has 5 atom stereocenters. The van der Waals surface area contributed by atoms with Crippen LogP contribution < -0.4 is 0 Å². The predicted molar refractivity (Wildman–Crippen MR) is 520 cm³/mol. The van der Waals surface area contributed by atoms with E-state index in [-0.39, 0.29) is 54.6 Å². The van der Waals surface area contributed by atoms with Gasteiger partial charge in [0.15, 0.2) is 0 Å². The molecule has 0 aliphatic carbocycles. The molecule has 676 valence electrons. The van der Waals surface area contributed by atoms with E-state index in [4.69, 9.17) is 81.7 Å². The minimum atomic E-state index is -0.698. The average Bonchev–Trinajstić information content (AvgIpc) is 1.64. The number of aryl methyl sites for hydroxylation is 1. The van der Waals surface area contributed by atoms with Crippen LogP contribution in [0.1, 0.15) is 161 Å². The summed E-state index contributed by atoms with van der Waals surface area (Å²) in [5.74, 6) is -1.40. The third-order valence-corrected chi connectivity index (χ3v) is 26.3. The van der Waals surface area contributed by atoms with Crippen LogP contribution in [0, 0.1) is 18.6 Å². The van der Waals surface area contributed by atoms with Crippen molar-refractivity contribution >= 4 is 175 Å². The number of nitrogens with one attached hydrogen (secondary N) is 5. The number of halogens is 9. The van der Waals surface area contributed by atoms with Crippen LogP contribution >= 0.6 is 89.9 Å². The van der Waals surface area contributed by atoms with Gasteiger partial charge in [-0.05, 0) is 256 Å². The zero-order chi connectivity index (χ0) is 92.2. The predicted octanol–water partition coefficient (Wildman–Crippen LogP) is 27.1. The molecule has 15 aromatic rings. The highest BCUT2D eigenvalue weighted by molar-refractivity contribution is 9.10. The van der Waals surface area contributed by atoms with E-state index in [9.17, 15) is 32.8 Å². The number of nitrogens with zero attached hydrogens (tertiary/aromatic N) is 5. The Morgan fingerprint density at radius 1 is 0.366 bits per heavy atom. The van der Waals surface area contributed by atoms with E-state index in [1.165, 1.54) is 52.0 Å². The summed E-state index contributed by atoms with van der Waals surface area (Å²) >= 11 is 38.1. The molecular weight excluding hydrogens is 1900 g/mol. The van der Waals surface area contributed by atoms with Crippen molar-refractivity contribution in [1.82, 2.24) is 49.4 Å². The topological polar surface area (TPSA) is 227 Å². The maximum absolute atomic E-state index is 13.8. The highest BCUT2D eigenvalue weighted by Crippen LogP contribution is 2.47. The van der Waals surface area contributed by atoms with Gasteiger partial charge in [-0.15, -0.1) is 0 Å². The summed E-state index contributed by atoms with van der Waals surface area (Å²) in [4.78, 5) is 89.1. The molecule has 10 heterocycles. The molecule has 20 nitrogen and oxygen atoms in total. The first-order valence-electron chi connectivity index (χ1n) is 43.5. The Hall–Kier alpha value is -11.5. The number of carbonyl (C=O) groups is 5. The Kier molecular flexibility index (Phi) is 28.8. The van der Waals surface area contributed by atoms with Crippen molar-refractivity contribution in [2.24, 2.45) is 0 Å². The zero-order valence-electron chi connectivity index (χ0n) is 72.8. The summed E-state index contributed by atoms with van der Waals surface area (Å²) in [5.41, 5.74) is 21.5. The van der Waals surface area contributed by atoms with Gasteiger partial charge in [0, 0.05) is 156 Å². The number of H-pyrrole nitrogens is 5. The Labute approximate surface area is 798 Å². The first kappa shape index (κ1) is 92.8. The number of aromatic nitrogens is 5. The number of fused-ring (bicyclic) bond motifs is 15. The van der Waals surface area contributed by atoms with Crippen LogP contribution in [0.2, 0.25) is 25.1 Å². The standard InChI is InChI=1S/C21H20BrClN2O2.2C21H21ClN2O2.C20H18BrClN2O2.C19H15ClF2N2O2/c1-12(2)27-21(26)25-9-8-16-17-11-15(23)6-7-18(17)24-19(16)20(25)13-4-3-5-14(22)10-13;1-3-26-21(25)24-11-10-16-17-12-15(22)8-9-18(17)23-19(16)20(24)14-6-4-13(2)5-7-14;1-2-12-26-21(25)24-11-10-16-17-13-15(22)8-9-18(17)23-19(16)20(24)14-6-4-3-5-7-14;1-2-26-20(25)24-9-8-15-16-11-14(22)6-7-17(16)23-18(15)19(24)12-4-3-5-13(21)10-12;1-26-19(25)24-5-4-14-15-8-11(20)2-3-16(15)23-17(14)18(24)10-6-12(21)9-13(22)7-10/h3-7,10-12,20,24H,8-9H2,1-2H3;4-9,12,20,23H,3,10-11H2,1-2H3;3-9,13,20,23H,2,10-12H2,1H3;3-7,10-11,19,23H,2,8-9H2,1H3;2-3,6-9,18,23H,4-5H2,1H3. The van der Waals surface area contributed by atoms with Crippen molar-refractivity contribution in [2.75, 3.05) is 59.7 Å². The molecule has 0 saturated carbocycles. The van der Waals surface area contributed by atoms with Gasteiger partial charge >= 0.3 is 30.5 Å². The molecule has 5 aliphatic rings. The Morgan fingerprint density at radius 2 is 0.672 bits per heavy atom. The van der Waals surface area contributed by atoms with E-state index in [0.29, 0.717) is 85.3 Å². The molecule has 0 fully saturated rings. The highest BCUT2D eigenvalue weighted by Gasteiger charge is 2.42. The lowest BCUT2D eigenvalue weighted by molar-refractivity contribution is 0.0654. The highest BCUT2D eigenvalue weighted by atomic mass is 79.9. The van der Waals surface area contributed by atoms with Gasteiger partial charge < -0.3 is 48.6 Å². The van der Waals surface area contributed by atoms with Crippen molar-refractivity contribution in [3.05, 3.63) is 348 Å². The largest absolute Gasteiger partial charge is 0.453 e. The van der Waals surface area contributed by atoms with Crippen molar-refractivity contribution in [2.45, 2.75) is 116 Å². The number of hydrogen-bond donors (Lipinski definition) is 5. The summed E-state index contributed by atoms with van der Waals surface area (Å²) < 4.78 is 56.1. The molecule has 131 heavy (non-hydrogen) atoms. The van der Waals surface area contributed by atoms with E-state index in [2.05, 4.69) is 100 Å². The lowest BCUT2D eigenvalue weighted by Crippen LogP contribution is -2.41. The number of aromatic amines is 5. The fourth-order valence-corrected chi connectivity index (χ4v) is 20.3. The molecule has 0 saturated heterocycles. The summed E-state index contributed by atoms with van der Waals surface area (Å²) in [6.07, 6.45) is 2.63. The number of amides is 5. The number of rotatable bonds is 10. The van der Waals surface area contributed by atoms with Crippen LogP contribution in [-0.2, 0) is 55.8 Å². The first-order valence-corrected chi connectivity index (χ1v) is 46.9. The number of ether oxygens (including phenoxy) is 5. The molecule has 5 aliphatic heterocycles. The van der Waals surface area contributed by atoms with Gasteiger partial charge in [-0.1, -0.05) is 181 Å². The minimum absolute atomic E-state index is 0.163. The van der Waals surface area contributed by atoms with Gasteiger partial charge in [-0.25, -0.2) is 32.8 Å². The molecule has 0 bridgehead atoms. The number of benzene rings is 10. The Bertz CT molecular complexity index is 6760. The molecule has 0 spiro atoms. The Balaban J connectivity index is 0.000000120. The molecule has 5 amide bonds. The van der Waals surface area contributed by atoms with E-state index < -0.39 is 23.8 Å². The van der Waals surface area contributed by atoms with E-state index >= 15 is 0 Å². The zero-order valence-corrected chi connectivity index (χ0v) is 79.7. The second-order valence-electron chi connectivity index (χ2n) is 32.8. The van der Waals surface area contributed by atoms with Gasteiger partial charge in [0.1, 0.15) is 41.8 Å². The monoisotopic (exact) mass is 1990 g/mol. The summed E-state index contributed by atoms with van der Waals surface area (Å²) in [6, 6.07) is 65.2. The lowest BCUT2D eigenvalue weighted by atomic mass is 9.92. The van der Waals surface area contributed by atoms with Crippen LogP contribution in [0.4, 0.5) is 32.8 Å². The quantitative estimate of drug-likeness (QED) is 0.0814. The van der Waals surface area contributed by atoms with Crippen molar-refractivity contribution in [1.29, 1.82) is 0 Å². The Morgan fingerprint density at radius 3 is 0.992 bits per heavy atom. The van der Waals surface area contributed by atoms with Crippen molar-refractivity contribution in [3.8, 4) is 0 Å². The maximum atomic E-state index is 13.8. The summed E-state index contributed by atoms with van der Waals surface area (Å²) in [7, 11) is 1.28. The molecule has 5 aromatic heterocycles. The minimum Gasteiger partial charge on any atom is -0.453 e. The second-order valence-corrected chi connectivity index (χ2v) is 36.8. The molecule has 10 aromatic carbocycles. The van der Waals surface area contributed by atoms with Gasteiger partial charge in [-0.2, -0.15) is 0 Å². The van der Waals surface area contributed by atoms with Crippen molar-refractivity contribution < 1.29 is 56.4 Å². The maximum Gasteiger partial charge on any atom is 0.410 e. The summed E-state index contributed by atoms with van der Waals surface area (Å²) in [6.45, 7) is 15.4. The van der Waals surface area contributed by atoms with Gasteiger partial charge in [0.2, 0.25) is 0 Å². The molecule has 5 unspecified atom stereocenters. The van der Waals surface area contributed by atoms with Gasteiger partial charge in [-0.3, -0.25) is 24.5 Å². The lowest BCUT2D eigenvalue weighted by Gasteiger charge is -2.36. The average molecular weight is 2000 g/mol. The van der Waals surface area contributed by atoms with Gasteiger partial charge in [0.25, 0.3) is 0 Å². The van der Waals surface area contributed by atoms with Crippen LogP contribution in [-0.4, -0.2) is 146 Å². The smallest absolute Gasteiger partial charge is 0.410 e. The second kappa shape index (κ2) is 40.7. The van der Waals surface area contributed by atoms with Crippen LogP contribution in [0.15, 0.2) is 221 Å². The first-order chi connectivity index (χ1) is 63.3. The number of methoxy groups -OCH3 is 1. The van der Waals surface area contributed by atoms with Crippen molar-refractivity contribution in [3.63, 3.8) is 0 Å². The van der Waals surface area contributed by atoms with Crippen LogP contribution in [0.3, 0.4) is 0 Å². The van der Waals surface area contributed by atoms with E-state index in [0.717, 1.165) is 162 Å². The SMILES string of the molecule is CC(C)OC(=O)N1CCc2c([nH]c3ccc(Cl)cc23)C1c1cccc(Br)c1.CCCOC(=O)N1CCc2c([nH]c3ccc(Cl)cc23)C1c1ccccc1.CCOC(=O)N1CCc2c([nH]c3ccc(Cl)cc23)C1c1ccc(C)cc1.CCOC(=O)N1CCc2c([nH]c3ccc(Cl)cc23)C1c1cccc(Br)c1.COC(=O)N1CCc2c([nH]c3ccc(Cl)cc23)C1c1cc(F)cc(F)c1. The van der Waals surface area contributed by atoms with E-state index in [1.54, 1.807) is 15.9 Å². The third kappa shape index (κ3) is 19.9. The van der Waals surface area contributed by atoms with Crippen LogP contribution in [0.25, 0.3) is 54.5 Å². The fraction of sp³-hybridized carbons (Fsp3) is 0.265. The molecule has 29 heteroatoms. The van der Waals surface area contributed by atoms with Gasteiger partial charge in [0.05, 0.1) is 33.0 Å². The number of carbonyl (C=O) groups excluding carboxylic acids is 5. The normalized spacial score (nSPS) is 16.6. The molecule has 5 N–H and O–H groups in total. The van der Waals surface area contributed by atoms with E-state index in [1.807, 2.05) is 196 Å². The summed E-state index contributed by atoms with van der Waals surface area (Å²) in [5, 5.41) is 8.92. The fourth-order valence-electron chi connectivity index (χ4n) is 18.6. The molecule has 0 radical (unpaired) electrons. The van der Waals surface area contributed by atoms with Crippen LogP contribution in [0.5, 0.6) is 0 Å². The third-order valence-electron chi connectivity index (χ3n) is 24.1. The molecule has 20 rings (SSSR count). The number of hydrogen-bond acceptors (Lipinski definition) is 10.